The van der Waals surface area contributed by atoms with E-state index in [9.17, 15) is 4.79 Å². The van der Waals surface area contributed by atoms with Gasteiger partial charge in [0.1, 0.15) is 17.2 Å². The molecule has 0 amide bonds. The smallest absolute Gasteiger partial charge is 0.265 e. The summed E-state index contributed by atoms with van der Waals surface area (Å²) in [7, 11) is 1.60. The van der Waals surface area contributed by atoms with E-state index in [1.807, 2.05) is 36.4 Å². The van der Waals surface area contributed by atoms with Crippen LogP contribution in [0, 0.1) is 0 Å². The molecule has 0 fully saturated rings. The molecular formula is C25H24N6O2. The molecule has 0 N–H and O–H groups in total. The van der Waals surface area contributed by atoms with Crippen molar-refractivity contribution in [3.05, 3.63) is 76.3 Å². The highest BCUT2D eigenvalue weighted by Gasteiger charge is 2.19. The van der Waals surface area contributed by atoms with E-state index in [1.54, 1.807) is 18.0 Å². The summed E-state index contributed by atoms with van der Waals surface area (Å²) in [5, 5.41) is 5.06. The Morgan fingerprint density at radius 3 is 2.45 bits per heavy atom. The van der Waals surface area contributed by atoms with E-state index in [1.165, 1.54) is 16.5 Å². The normalized spacial score (nSPS) is 12.1. The van der Waals surface area contributed by atoms with Crippen molar-refractivity contribution in [3.63, 3.8) is 0 Å². The Morgan fingerprint density at radius 1 is 1.03 bits per heavy atom. The van der Waals surface area contributed by atoms with Gasteiger partial charge in [-0.25, -0.2) is 15.0 Å². The third-order valence-corrected chi connectivity index (χ3v) is 5.67. The van der Waals surface area contributed by atoms with Gasteiger partial charge in [0, 0.05) is 7.11 Å². The van der Waals surface area contributed by atoms with Crippen molar-refractivity contribution < 1.29 is 4.74 Å². The van der Waals surface area contributed by atoms with Crippen molar-refractivity contribution in [3.8, 4) is 0 Å². The molecule has 5 rings (SSSR count). The fourth-order valence-corrected chi connectivity index (χ4v) is 3.80. The molecule has 0 aliphatic rings. The van der Waals surface area contributed by atoms with Gasteiger partial charge in [-0.2, -0.15) is 9.78 Å². The summed E-state index contributed by atoms with van der Waals surface area (Å²) < 4.78 is 8.26. The summed E-state index contributed by atoms with van der Waals surface area (Å²) in [4.78, 5) is 27.4. The lowest BCUT2D eigenvalue weighted by molar-refractivity contribution is 0.186. The fourth-order valence-electron chi connectivity index (χ4n) is 3.80. The molecule has 0 spiro atoms. The monoisotopic (exact) mass is 440 g/mol. The lowest BCUT2D eigenvalue weighted by atomic mass is 10.0. The van der Waals surface area contributed by atoms with Crippen LogP contribution in [0.2, 0.25) is 0 Å². The zero-order valence-electron chi connectivity index (χ0n) is 18.8. The summed E-state index contributed by atoms with van der Waals surface area (Å²) in [6.07, 6.45) is 3.27. The summed E-state index contributed by atoms with van der Waals surface area (Å²) in [6, 6.07) is 15.8. The van der Waals surface area contributed by atoms with Gasteiger partial charge in [0.15, 0.2) is 11.3 Å². The Morgan fingerprint density at radius 2 is 1.76 bits per heavy atom. The number of hydrogen-bond donors (Lipinski definition) is 0. The number of fused-ring (bicyclic) bond motifs is 4. The third kappa shape index (κ3) is 3.78. The Kier molecular flexibility index (Phi) is 5.43. The Balaban J connectivity index is 1.72. The van der Waals surface area contributed by atoms with Crippen LogP contribution in [0.4, 0.5) is 0 Å². The van der Waals surface area contributed by atoms with E-state index in [0.29, 0.717) is 46.8 Å². The molecule has 166 valence electrons. The van der Waals surface area contributed by atoms with Gasteiger partial charge in [0.05, 0.1) is 30.4 Å². The maximum absolute atomic E-state index is 13.3. The third-order valence-electron chi connectivity index (χ3n) is 5.67. The minimum atomic E-state index is -0.193. The van der Waals surface area contributed by atoms with E-state index in [-0.39, 0.29) is 5.56 Å². The number of rotatable bonds is 6. The second-order valence-electron chi connectivity index (χ2n) is 8.20. The van der Waals surface area contributed by atoms with Crippen LogP contribution in [0.15, 0.2) is 64.8 Å². The predicted molar refractivity (Wildman–Crippen MR) is 130 cm³/mol. The molecule has 0 bridgehead atoms. The minimum Gasteiger partial charge on any atom is -0.383 e. The molecule has 5 aromatic rings. The number of para-hydroxylation sites is 2. The number of benzene rings is 2. The van der Waals surface area contributed by atoms with Gasteiger partial charge in [-0.05, 0) is 29.2 Å². The molecule has 0 saturated carbocycles. The summed E-state index contributed by atoms with van der Waals surface area (Å²) >= 11 is 0. The molecule has 3 aromatic heterocycles. The number of nitrogens with zero attached hydrogens (tertiary/aromatic N) is 6. The van der Waals surface area contributed by atoms with Crippen LogP contribution >= 0.6 is 0 Å². The van der Waals surface area contributed by atoms with Crippen molar-refractivity contribution in [2.75, 3.05) is 13.7 Å². The topological polar surface area (TPSA) is 87.2 Å². The highest BCUT2D eigenvalue weighted by molar-refractivity contribution is 6.04. The quantitative estimate of drug-likeness (QED) is 0.373. The molecule has 0 radical (unpaired) electrons. The van der Waals surface area contributed by atoms with Crippen LogP contribution in [-0.2, 0) is 11.3 Å². The summed E-state index contributed by atoms with van der Waals surface area (Å²) in [5.74, 6) is 0.460. The van der Waals surface area contributed by atoms with Gasteiger partial charge in [-0.1, -0.05) is 50.2 Å². The maximum Gasteiger partial charge on any atom is 0.265 e. The second kappa shape index (κ2) is 8.55. The lowest BCUT2D eigenvalue weighted by Crippen LogP contribution is -2.22. The lowest BCUT2D eigenvalue weighted by Gasteiger charge is -2.05. The van der Waals surface area contributed by atoms with Crippen molar-refractivity contribution in [2.24, 2.45) is 5.10 Å². The van der Waals surface area contributed by atoms with Crippen LogP contribution in [0.3, 0.4) is 0 Å². The van der Waals surface area contributed by atoms with E-state index >= 15 is 0 Å². The van der Waals surface area contributed by atoms with E-state index < -0.39 is 0 Å². The van der Waals surface area contributed by atoms with Crippen LogP contribution in [-0.4, -0.2) is 44.1 Å². The molecule has 0 aliphatic heterocycles. The molecular weight excluding hydrogens is 416 g/mol. The van der Waals surface area contributed by atoms with Crippen molar-refractivity contribution >= 4 is 39.4 Å². The van der Waals surface area contributed by atoms with Gasteiger partial charge in [-0.15, -0.1) is 0 Å². The van der Waals surface area contributed by atoms with Crippen molar-refractivity contribution in [1.29, 1.82) is 0 Å². The first-order valence-electron chi connectivity index (χ1n) is 10.9. The predicted octanol–water partition coefficient (Wildman–Crippen LogP) is 3.95. The Hall–Kier alpha value is -3.91. The van der Waals surface area contributed by atoms with Crippen LogP contribution in [0.25, 0.3) is 33.2 Å². The number of methoxy groups -OCH3 is 1. The van der Waals surface area contributed by atoms with Gasteiger partial charge >= 0.3 is 0 Å². The van der Waals surface area contributed by atoms with Crippen LogP contribution in [0.5, 0.6) is 0 Å². The zero-order chi connectivity index (χ0) is 22.9. The second-order valence-corrected chi connectivity index (χ2v) is 8.20. The Labute approximate surface area is 190 Å². The van der Waals surface area contributed by atoms with Gasteiger partial charge < -0.3 is 4.74 Å². The molecule has 0 aliphatic carbocycles. The SMILES string of the molecule is COCCn1cnc2c(c1=O)c1nc3ccccc3nc1n2N=Cc1ccc(C(C)C)cc1. The molecule has 0 atom stereocenters. The maximum atomic E-state index is 13.3. The van der Waals surface area contributed by atoms with Crippen LogP contribution in [0.1, 0.15) is 30.9 Å². The molecule has 8 nitrogen and oxygen atoms in total. The van der Waals surface area contributed by atoms with E-state index in [4.69, 9.17) is 14.7 Å². The molecule has 2 aromatic carbocycles. The molecule has 33 heavy (non-hydrogen) atoms. The molecule has 0 unspecified atom stereocenters. The first kappa shape index (κ1) is 21.0. The van der Waals surface area contributed by atoms with E-state index in [2.05, 4.69) is 36.1 Å². The van der Waals surface area contributed by atoms with Gasteiger partial charge in [0.25, 0.3) is 5.56 Å². The average Bonchev–Trinajstić information content (AvgIpc) is 3.14. The first-order chi connectivity index (χ1) is 16.1. The fraction of sp³-hybridized carbons (Fsp3) is 0.240. The number of aromatic nitrogens is 5. The van der Waals surface area contributed by atoms with Crippen LogP contribution < -0.4 is 5.56 Å². The van der Waals surface area contributed by atoms with E-state index in [0.717, 1.165) is 11.1 Å². The summed E-state index contributed by atoms with van der Waals surface area (Å²) in [5.41, 5.74) is 4.86. The number of ether oxygens (including phenoxy) is 1. The van der Waals surface area contributed by atoms with Gasteiger partial charge in [-0.3, -0.25) is 9.36 Å². The highest BCUT2D eigenvalue weighted by Crippen LogP contribution is 2.25. The Bertz CT molecular complexity index is 1550. The van der Waals surface area contributed by atoms with Crippen molar-refractivity contribution in [1.82, 2.24) is 24.2 Å². The van der Waals surface area contributed by atoms with Crippen molar-refractivity contribution in [2.45, 2.75) is 26.3 Å². The first-order valence-corrected chi connectivity index (χ1v) is 10.9. The van der Waals surface area contributed by atoms with Gasteiger partial charge in [0.2, 0.25) is 0 Å². The summed E-state index contributed by atoms with van der Waals surface area (Å²) in [6.45, 7) is 5.13. The minimum absolute atomic E-state index is 0.193. The highest BCUT2D eigenvalue weighted by atomic mass is 16.5. The molecule has 0 saturated heterocycles. The largest absolute Gasteiger partial charge is 0.383 e. The zero-order valence-corrected chi connectivity index (χ0v) is 18.8. The number of hydrogen-bond acceptors (Lipinski definition) is 6. The average molecular weight is 441 g/mol. The molecule has 3 heterocycles. The standard InChI is InChI=1S/C25H24N6O2/c1-16(2)18-10-8-17(9-11-18)14-27-31-23-21(25(32)30(15-26-23)12-13-33-3)22-24(31)29-20-7-5-4-6-19(20)28-22/h4-11,14-16H,12-13H2,1-3H3. The molecule has 8 heteroatoms.